The van der Waals surface area contributed by atoms with Crippen LogP contribution in [0.4, 0.5) is 5.69 Å². The van der Waals surface area contributed by atoms with Gasteiger partial charge in [-0.1, -0.05) is 29.8 Å². The molecule has 0 unspecified atom stereocenters. The highest BCUT2D eigenvalue weighted by molar-refractivity contribution is 7.99. The maximum Gasteiger partial charge on any atom is 0.238 e. The van der Waals surface area contributed by atoms with E-state index in [0.29, 0.717) is 5.69 Å². The Bertz CT molecular complexity index is 876. The molecule has 3 N–H and O–H groups in total. The molecule has 1 amide bonds. The van der Waals surface area contributed by atoms with Crippen LogP contribution in [-0.2, 0) is 20.6 Å². The van der Waals surface area contributed by atoms with E-state index >= 15 is 0 Å². The lowest BCUT2D eigenvalue weighted by molar-refractivity contribution is -0.113. The van der Waals surface area contributed by atoms with Gasteiger partial charge >= 0.3 is 0 Å². The third-order valence-electron chi connectivity index (χ3n) is 3.87. The number of nitrogens with one attached hydrogen (secondary N) is 1. The Morgan fingerprint density at radius 2 is 1.76 bits per heavy atom. The molecular formula is C18H22N2O3S2. The smallest absolute Gasteiger partial charge is 0.238 e. The van der Waals surface area contributed by atoms with Crippen LogP contribution in [0.15, 0.2) is 41.3 Å². The average molecular weight is 379 g/mol. The van der Waals surface area contributed by atoms with Gasteiger partial charge in [0.25, 0.3) is 0 Å². The van der Waals surface area contributed by atoms with Gasteiger partial charge in [-0.05, 0) is 49.6 Å². The Hall–Kier alpha value is -1.83. The molecule has 0 fully saturated rings. The van der Waals surface area contributed by atoms with Gasteiger partial charge in [-0.15, -0.1) is 11.8 Å². The van der Waals surface area contributed by atoms with E-state index in [2.05, 4.69) is 5.32 Å². The molecule has 0 aliphatic carbocycles. The highest BCUT2D eigenvalue weighted by Gasteiger charge is 2.14. The lowest BCUT2D eigenvalue weighted by atomic mass is 10.1. The SMILES string of the molecule is Cc1ccc(CSCC(=O)Nc2cc(S(N)(=O)=O)cc(C)c2C)cc1. The summed E-state index contributed by atoms with van der Waals surface area (Å²) in [5.74, 6) is 0.848. The molecule has 0 saturated carbocycles. The van der Waals surface area contributed by atoms with Crippen molar-refractivity contribution in [3.8, 4) is 0 Å². The van der Waals surface area contributed by atoms with Crippen LogP contribution < -0.4 is 10.5 Å². The minimum absolute atomic E-state index is 0.00166. The van der Waals surface area contributed by atoms with Crippen molar-refractivity contribution in [3.63, 3.8) is 0 Å². The molecule has 0 atom stereocenters. The maximum absolute atomic E-state index is 12.2. The van der Waals surface area contributed by atoms with E-state index in [4.69, 9.17) is 5.14 Å². The Kier molecular flexibility index (Phi) is 6.26. The van der Waals surface area contributed by atoms with Crippen LogP contribution in [0.2, 0.25) is 0 Å². The van der Waals surface area contributed by atoms with E-state index in [-0.39, 0.29) is 16.6 Å². The van der Waals surface area contributed by atoms with Crippen LogP contribution in [0.3, 0.4) is 0 Å². The number of amides is 1. The van der Waals surface area contributed by atoms with Crippen molar-refractivity contribution in [3.05, 3.63) is 58.7 Å². The normalized spacial score (nSPS) is 11.4. The number of hydrogen-bond donors (Lipinski definition) is 2. The van der Waals surface area contributed by atoms with E-state index in [1.807, 2.05) is 38.1 Å². The second kappa shape index (κ2) is 8.03. The fourth-order valence-electron chi connectivity index (χ4n) is 2.25. The zero-order valence-electron chi connectivity index (χ0n) is 14.5. The van der Waals surface area contributed by atoms with Crippen LogP contribution in [0.1, 0.15) is 22.3 Å². The van der Waals surface area contributed by atoms with Crippen molar-refractivity contribution < 1.29 is 13.2 Å². The van der Waals surface area contributed by atoms with Gasteiger partial charge in [-0.3, -0.25) is 4.79 Å². The van der Waals surface area contributed by atoms with Gasteiger partial charge in [0.15, 0.2) is 0 Å². The predicted molar refractivity (Wildman–Crippen MR) is 103 cm³/mol. The number of rotatable bonds is 6. The Labute approximate surface area is 153 Å². The van der Waals surface area contributed by atoms with Gasteiger partial charge in [0, 0.05) is 11.4 Å². The standard InChI is InChI=1S/C18H22N2O3S2/c1-12-4-6-15(7-5-12)10-24-11-18(21)20-17-9-16(25(19,22)23)8-13(2)14(17)3/h4-9H,10-11H2,1-3H3,(H,20,21)(H2,19,22,23). The Morgan fingerprint density at radius 1 is 1.12 bits per heavy atom. The fourth-order valence-corrected chi connectivity index (χ4v) is 3.66. The number of carbonyl (C=O) groups excluding carboxylic acids is 1. The summed E-state index contributed by atoms with van der Waals surface area (Å²) in [5, 5.41) is 7.97. The second-order valence-electron chi connectivity index (χ2n) is 5.98. The van der Waals surface area contributed by atoms with Gasteiger partial charge in [-0.2, -0.15) is 0 Å². The third kappa shape index (κ3) is 5.59. The summed E-state index contributed by atoms with van der Waals surface area (Å²) in [6, 6.07) is 11.1. The van der Waals surface area contributed by atoms with Crippen molar-refractivity contribution in [1.82, 2.24) is 0 Å². The molecule has 2 aromatic carbocycles. The van der Waals surface area contributed by atoms with E-state index in [0.717, 1.165) is 22.4 Å². The van der Waals surface area contributed by atoms with E-state index in [1.165, 1.54) is 29.5 Å². The van der Waals surface area contributed by atoms with Crippen LogP contribution in [0.5, 0.6) is 0 Å². The molecule has 0 bridgehead atoms. The molecule has 7 heteroatoms. The predicted octanol–water partition coefficient (Wildman–Crippen LogP) is 3.13. The van der Waals surface area contributed by atoms with Crippen molar-refractivity contribution in [2.75, 3.05) is 11.1 Å². The topological polar surface area (TPSA) is 89.3 Å². The molecule has 0 heterocycles. The summed E-state index contributed by atoms with van der Waals surface area (Å²) in [7, 11) is -3.81. The average Bonchev–Trinajstić information content (AvgIpc) is 2.52. The molecule has 0 aromatic heterocycles. The highest BCUT2D eigenvalue weighted by Crippen LogP contribution is 2.24. The molecule has 2 rings (SSSR count). The minimum atomic E-state index is -3.81. The van der Waals surface area contributed by atoms with Crippen LogP contribution in [-0.4, -0.2) is 20.1 Å². The van der Waals surface area contributed by atoms with Crippen LogP contribution in [0.25, 0.3) is 0 Å². The molecule has 0 spiro atoms. The summed E-state index contributed by atoms with van der Waals surface area (Å²) in [6.07, 6.45) is 0. The van der Waals surface area contributed by atoms with Gasteiger partial charge < -0.3 is 5.32 Å². The number of primary sulfonamides is 1. The molecule has 0 saturated heterocycles. The molecule has 25 heavy (non-hydrogen) atoms. The Morgan fingerprint density at radius 3 is 2.36 bits per heavy atom. The first kappa shape index (κ1) is 19.5. The summed E-state index contributed by atoms with van der Waals surface area (Å²) < 4.78 is 23.1. The summed E-state index contributed by atoms with van der Waals surface area (Å²) in [6.45, 7) is 5.65. The number of benzene rings is 2. The highest BCUT2D eigenvalue weighted by atomic mass is 32.2. The third-order valence-corrected chi connectivity index (χ3v) is 5.76. The zero-order chi connectivity index (χ0) is 18.6. The largest absolute Gasteiger partial charge is 0.325 e. The number of hydrogen-bond acceptors (Lipinski definition) is 4. The molecule has 5 nitrogen and oxygen atoms in total. The van der Waals surface area contributed by atoms with E-state index in [1.54, 1.807) is 6.92 Å². The number of anilines is 1. The lowest BCUT2D eigenvalue weighted by Gasteiger charge is -2.12. The molecular weight excluding hydrogens is 356 g/mol. The monoisotopic (exact) mass is 378 g/mol. The number of carbonyl (C=O) groups is 1. The Balaban J connectivity index is 2.00. The summed E-state index contributed by atoms with van der Waals surface area (Å²) in [5.41, 5.74) is 4.42. The summed E-state index contributed by atoms with van der Waals surface area (Å²) in [4.78, 5) is 12.2. The lowest BCUT2D eigenvalue weighted by Crippen LogP contribution is -2.17. The van der Waals surface area contributed by atoms with Crippen LogP contribution in [0, 0.1) is 20.8 Å². The van der Waals surface area contributed by atoms with Crippen LogP contribution >= 0.6 is 11.8 Å². The van der Waals surface area contributed by atoms with Crippen molar-refractivity contribution in [2.24, 2.45) is 5.14 Å². The maximum atomic E-state index is 12.2. The first-order chi connectivity index (χ1) is 11.7. The van der Waals surface area contributed by atoms with Crippen molar-refractivity contribution in [1.29, 1.82) is 0 Å². The number of sulfonamides is 1. The fraction of sp³-hybridized carbons (Fsp3) is 0.278. The molecule has 0 radical (unpaired) electrons. The van der Waals surface area contributed by atoms with E-state index < -0.39 is 10.0 Å². The number of aryl methyl sites for hydroxylation is 2. The second-order valence-corrected chi connectivity index (χ2v) is 8.53. The van der Waals surface area contributed by atoms with Gasteiger partial charge in [0.2, 0.25) is 15.9 Å². The first-order valence-corrected chi connectivity index (χ1v) is 10.4. The molecule has 0 aliphatic rings. The molecule has 2 aromatic rings. The minimum Gasteiger partial charge on any atom is -0.325 e. The van der Waals surface area contributed by atoms with Crippen molar-refractivity contribution in [2.45, 2.75) is 31.4 Å². The van der Waals surface area contributed by atoms with Crippen molar-refractivity contribution >= 4 is 33.4 Å². The quantitative estimate of drug-likeness (QED) is 0.808. The number of thioether (sulfide) groups is 1. The zero-order valence-corrected chi connectivity index (χ0v) is 16.1. The first-order valence-electron chi connectivity index (χ1n) is 7.74. The van der Waals surface area contributed by atoms with Gasteiger partial charge in [0.1, 0.15) is 0 Å². The molecule has 0 aliphatic heterocycles. The molecule has 134 valence electrons. The van der Waals surface area contributed by atoms with Gasteiger partial charge in [-0.25, -0.2) is 13.6 Å². The van der Waals surface area contributed by atoms with E-state index in [9.17, 15) is 13.2 Å². The number of nitrogens with two attached hydrogens (primary N) is 1. The summed E-state index contributed by atoms with van der Waals surface area (Å²) >= 11 is 1.50. The van der Waals surface area contributed by atoms with Gasteiger partial charge in [0.05, 0.1) is 10.6 Å².